The Bertz CT molecular complexity index is 1310. The summed E-state index contributed by atoms with van der Waals surface area (Å²) in [6, 6.07) is 12.4. The van der Waals surface area contributed by atoms with Gasteiger partial charge in [0.15, 0.2) is 5.13 Å². The Morgan fingerprint density at radius 2 is 1.80 bits per heavy atom. The van der Waals surface area contributed by atoms with Gasteiger partial charge in [0.1, 0.15) is 5.56 Å². The molecule has 8 heteroatoms. The smallest absolute Gasteiger partial charge is 0.262 e. The van der Waals surface area contributed by atoms with E-state index < -0.39 is 5.91 Å². The number of fused-ring (bicyclic) bond motifs is 1. The van der Waals surface area contributed by atoms with E-state index in [2.05, 4.69) is 10.3 Å². The van der Waals surface area contributed by atoms with E-state index in [-0.39, 0.29) is 17.0 Å². The van der Waals surface area contributed by atoms with E-state index in [1.807, 2.05) is 35.9 Å². The molecule has 2 heterocycles. The first-order valence-corrected chi connectivity index (χ1v) is 10.8. The molecule has 0 saturated heterocycles. The maximum Gasteiger partial charge on any atom is 0.262 e. The summed E-state index contributed by atoms with van der Waals surface area (Å²) in [6.07, 6.45) is 1.59. The van der Waals surface area contributed by atoms with Crippen molar-refractivity contribution in [2.75, 3.05) is 5.32 Å². The van der Waals surface area contributed by atoms with Gasteiger partial charge in [0, 0.05) is 38.6 Å². The predicted molar refractivity (Wildman–Crippen MR) is 124 cm³/mol. The quantitative estimate of drug-likeness (QED) is 0.392. The molecule has 0 spiro atoms. The summed E-state index contributed by atoms with van der Waals surface area (Å²) in [6.45, 7) is 3.97. The fourth-order valence-electron chi connectivity index (χ4n) is 3.17. The zero-order valence-electron chi connectivity index (χ0n) is 16.1. The van der Waals surface area contributed by atoms with E-state index in [1.54, 1.807) is 36.5 Å². The van der Waals surface area contributed by atoms with Crippen molar-refractivity contribution in [2.45, 2.75) is 19.9 Å². The van der Waals surface area contributed by atoms with Gasteiger partial charge in [-0.1, -0.05) is 35.3 Å². The lowest BCUT2D eigenvalue weighted by molar-refractivity contribution is 0.102. The third kappa shape index (κ3) is 3.99. The number of rotatable bonds is 4. The lowest BCUT2D eigenvalue weighted by Crippen LogP contribution is -2.24. The molecule has 0 radical (unpaired) electrons. The third-order valence-electron chi connectivity index (χ3n) is 4.66. The number of aromatic nitrogens is 2. The van der Waals surface area contributed by atoms with Crippen molar-refractivity contribution in [3.05, 3.63) is 79.9 Å². The van der Waals surface area contributed by atoms with Crippen LogP contribution in [0.15, 0.2) is 58.8 Å². The first kappa shape index (κ1) is 20.6. The van der Waals surface area contributed by atoms with Crippen LogP contribution in [-0.4, -0.2) is 15.5 Å². The van der Waals surface area contributed by atoms with E-state index >= 15 is 0 Å². The molecule has 0 aliphatic carbocycles. The van der Waals surface area contributed by atoms with Gasteiger partial charge in [0.05, 0.1) is 11.2 Å². The molecule has 0 aliphatic rings. The monoisotopic (exact) mass is 457 g/mol. The summed E-state index contributed by atoms with van der Waals surface area (Å²) >= 11 is 13.3. The van der Waals surface area contributed by atoms with E-state index in [1.165, 1.54) is 11.3 Å². The number of thiazole rings is 1. The van der Waals surface area contributed by atoms with Crippen molar-refractivity contribution in [3.8, 4) is 11.3 Å². The number of amides is 1. The van der Waals surface area contributed by atoms with Gasteiger partial charge >= 0.3 is 0 Å². The van der Waals surface area contributed by atoms with Crippen LogP contribution >= 0.6 is 34.5 Å². The van der Waals surface area contributed by atoms with Gasteiger partial charge < -0.3 is 4.57 Å². The first-order chi connectivity index (χ1) is 14.3. The second-order valence-electron chi connectivity index (χ2n) is 7.03. The lowest BCUT2D eigenvalue weighted by atomic mass is 10.1. The average molecular weight is 458 g/mol. The lowest BCUT2D eigenvalue weighted by Gasteiger charge is -2.16. The zero-order chi connectivity index (χ0) is 21.4. The number of nitrogens with zero attached hydrogens (tertiary/aromatic N) is 2. The second-order valence-corrected chi connectivity index (χ2v) is 8.76. The Kier molecular flexibility index (Phi) is 5.64. The van der Waals surface area contributed by atoms with Gasteiger partial charge in [-0.2, -0.15) is 0 Å². The first-order valence-electron chi connectivity index (χ1n) is 9.20. The van der Waals surface area contributed by atoms with E-state index in [9.17, 15) is 9.59 Å². The maximum atomic E-state index is 13.0. The van der Waals surface area contributed by atoms with E-state index in [0.29, 0.717) is 20.6 Å². The molecule has 2 aromatic carbocycles. The molecule has 152 valence electrons. The fourth-order valence-corrected chi connectivity index (χ4v) is 4.18. The second kappa shape index (κ2) is 8.22. The summed E-state index contributed by atoms with van der Waals surface area (Å²) in [4.78, 5) is 30.4. The highest BCUT2D eigenvalue weighted by Crippen LogP contribution is 2.26. The van der Waals surface area contributed by atoms with Crippen molar-refractivity contribution in [1.82, 2.24) is 9.55 Å². The molecule has 0 unspecified atom stereocenters. The number of nitrogens with one attached hydrogen (secondary N) is 1. The normalized spacial score (nSPS) is 11.2. The summed E-state index contributed by atoms with van der Waals surface area (Å²) in [5.74, 6) is -0.506. The molecular weight excluding hydrogens is 441 g/mol. The summed E-state index contributed by atoms with van der Waals surface area (Å²) in [5, 5.41) is 6.48. The molecule has 0 saturated carbocycles. The van der Waals surface area contributed by atoms with Crippen LogP contribution in [0.4, 0.5) is 5.13 Å². The van der Waals surface area contributed by atoms with Gasteiger partial charge in [0.2, 0.25) is 5.43 Å². The summed E-state index contributed by atoms with van der Waals surface area (Å²) in [5.41, 5.74) is 2.02. The Hall–Kier alpha value is -2.67. The van der Waals surface area contributed by atoms with Crippen molar-refractivity contribution >= 4 is 56.5 Å². The van der Waals surface area contributed by atoms with Crippen molar-refractivity contribution in [3.63, 3.8) is 0 Å². The van der Waals surface area contributed by atoms with Crippen LogP contribution in [0.5, 0.6) is 0 Å². The number of hydrogen-bond acceptors (Lipinski definition) is 4. The van der Waals surface area contributed by atoms with Crippen molar-refractivity contribution < 1.29 is 4.79 Å². The number of carbonyl (C=O) groups excluding carboxylic acids is 1. The minimum atomic E-state index is -0.506. The Morgan fingerprint density at radius 1 is 1.10 bits per heavy atom. The number of hydrogen-bond donors (Lipinski definition) is 1. The molecule has 0 bridgehead atoms. The van der Waals surface area contributed by atoms with Crippen LogP contribution in [0, 0.1) is 0 Å². The highest BCUT2D eigenvalue weighted by molar-refractivity contribution is 7.14. The fraction of sp³-hybridized carbons (Fsp3) is 0.136. The Morgan fingerprint density at radius 3 is 2.50 bits per heavy atom. The number of halogens is 2. The van der Waals surface area contributed by atoms with Gasteiger partial charge in [-0.05, 0) is 44.2 Å². The minimum Gasteiger partial charge on any atom is -0.344 e. The average Bonchev–Trinajstić information content (AvgIpc) is 3.17. The van der Waals surface area contributed by atoms with Crippen molar-refractivity contribution in [1.29, 1.82) is 0 Å². The molecule has 30 heavy (non-hydrogen) atoms. The maximum absolute atomic E-state index is 13.0. The van der Waals surface area contributed by atoms with Crippen LogP contribution in [-0.2, 0) is 0 Å². The molecule has 4 aromatic rings. The minimum absolute atomic E-state index is 0.0432. The van der Waals surface area contributed by atoms with Gasteiger partial charge in [-0.15, -0.1) is 11.3 Å². The number of pyridine rings is 1. The molecule has 1 N–H and O–H groups in total. The zero-order valence-corrected chi connectivity index (χ0v) is 18.5. The molecule has 5 nitrogen and oxygen atoms in total. The van der Waals surface area contributed by atoms with Crippen molar-refractivity contribution in [2.24, 2.45) is 0 Å². The molecule has 1 amide bonds. The largest absolute Gasteiger partial charge is 0.344 e. The molecule has 0 fully saturated rings. The van der Waals surface area contributed by atoms with Crippen LogP contribution in [0.3, 0.4) is 0 Å². The standard InChI is InChI=1S/C22H17Cl2N3O2S/c1-12(2)27-10-17(20(28)16-9-15(24)7-8-19(16)27)21(29)26-22-25-18(11-30-22)13-3-5-14(23)6-4-13/h3-12H,1-2H3,(H,25,26,29). The van der Waals surface area contributed by atoms with Crippen LogP contribution < -0.4 is 10.7 Å². The highest BCUT2D eigenvalue weighted by atomic mass is 35.5. The SMILES string of the molecule is CC(C)n1cc(C(=O)Nc2nc(-c3ccc(Cl)cc3)cs2)c(=O)c2cc(Cl)ccc21. The Labute approximate surface area is 186 Å². The third-order valence-corrected chi connectivity index (χ3v) is 5.90. The Balaban J connectivity index is 1.69. The predicted octanol–water partition coefficient (Wildman–Crippen LogP) is 6.27. The highest BCUT2D eigenvalue weighted by Gasteiger charge is 2.18. The van der Waals surface area contributed by atoms with Crippen LogP contribution in [0.2, 0.25) is 10.0 Å². The number of carbonyl (C=O) groups is 1. The molecule has 0 atom stereocenters. The molecule has 4 rings (SSSR count). The topological polar surface area (TPSA) is 64.0 Å². The summed E-state index contributed by atoms with van der Waals surface area (Å²) < 4.78 is 1.89. The van der Waals surface area contributed by atoms with Crippen LogP contribution in [0.1, 0.15) is 30.2 Å². The number of anilines is 1. The number of benzene rings is 2. The summed E-state index contributed by atoms with van der Waals surface area (Å²) in [7, 11) is 0. The van der Waals surface area contributed by atoms with Gasteiger partial charge in [0.25, 0.3) is 5.91 Å². The molecule has 2 aromatic heterocycles. The molecular formula is C22H17Cl2N3O2S. The molecule has 0 aliphatic heterocycles. The van der Waals surface area contributed by atoms with Gasteiger partial charge in [-0.3, -0.25) is 14.9 Å². The van der Waals surface area contributed by atoms with Gasteiger partial charge in [-0.25, -0.2) is 4.98 Å². The van der Waals surface area contributed by atoms with E-state index in [0.717, 1.165) is 16.8 Å². The van der Waals surface area contributed by atoms with E-state index in [4.69, 9.17) is 23.2 Å². The van der Waals surface area contributed by atoms with Crippen LogP contribution in [0.25, 0.3) is 22.2 Å².